The third-order valence-corrected chi connectivity index (χ3v) is 2.72. The van der Waals surface area contributed by atoms with E-state index in [4.69, 9.17) is 5.73 Å². The molecule has 0 unspecified atom stereocenters. The van der Waals surface area contributed by atoms with Gasteiger partial charge in [0.25, 0.3) is 5.91 Å². The molecule has 0 fully saturated rings. The van der Waals surface area contributed by atoms with Gasteiger partial charge in [0, 0.05) is 0 Å². The molecule has 8 nitrogen and oxygen atoms in total. The van der Waals surface area contributed by atoms with E-state index in [0.29, 0.717) is 0 Å². The number of anilines is 1. The number of benzene rings is 1. The summed E-state index contributed by atoms with van der Waals surface area (Å²) in [6.07, 6.45) is -0.793. The molecule has 1 rings (SSSR count). The molecular weight excluding hydrogens is 302 g/mol. The summed E-state index contributed by atoms with van der Waals surface area (Å²) < 4.78 is 0. The first-order chi connectivity index (χ1) is 10.8. The number of ketones is 2. The van der Waals surface area contributed by atoms with Gasteiger partial charge in [-0.25, -0.2) is 0 Å². The molecule has 122 valence electrons. The molecule has 3 amide bonds. The number of amides is 3. The maximum Gasteiger partial charge on any atom is 0.250 e. The van der Waals surface area contributed by atoms with Crippen molar-refractivity contribution in [1.82, 2.24) is 5.32 Å². The third-order valence-electron chi connectivity index (χ3n) is 2.72. The maximum absolute atomic E-state index is 11.8. The summed E-state index contributed by atoms with van der Waals surface area (Å²) in [4.78, 5) is 56.5. The molecule has 0 aliphatic rings. The molecule has 1 aromatic rings. The Morgan fingerprint density at radius 1 is 1.00 bits per heavy atom. The molecule has 0 saturated carbocycles. The minimum atomic E-state index is -0.705. The summed E-state index contributed by atoms with van der Waals surface area (Å²) >= 11 is 0. The first-order valence-corrected chi connectivity index (χ1v) is 6.76. The van der Waals surface area contributed by atoms with Crippen molar-refractivity contribution in [3.63, 3.8) is 0 Å². The van der Waals surface area contributed by atoms with Crippen LogP contribution >= 0.6 is 0 Å². The fourth-order valence-corrected chi connectivity index (χ4v) is 1.73. The molecule has 1 aromatic carbocycles. The van der Waals surface area contributed by atoms with Gasteiger partial charge in [-0.15, -0.1) is 0 Å². The number of nitrogens with two attached hydrogens (primary N) is 1. The summed E-state index contributed by atoms with van der Waals surface area (Å²) in [5.74, 6) is -2.77. The number of Topliss-reactive ketones (excluding diaryl/α,β-unsaturated/α-hetero) is 2. The lowest BCUT2D eigenvalue weighted by molar-refractivity contribution is -0.130. The van der Waals surface area contributed by atoms with Gasteiger partial charge in [0.2, 0.25) is 11.8 Å². The van der Waals surface area contributed by atoms with Crippen LogP contribution in [0, 0.1) is 0 Å². The van der Waals surface area contributed by atoms with E-state index < -0.39 is 29.9 Å². The fourth-order valence-electron chi connectivity index (χ4n) is 1.73. The average Bonchev–Trinajstić information content (AvgIpc) is 2.44. The van der Waals surface area contributed by atoms with Gasteiger partial charge in [0.1, 0.15) is 5.78 Å². The van der Waals surface area contributed by atoms with E-state index in [1.54, 1.807) is 12.1 Å². The molecule has 0 atom stereocenters. The molecule has 0 radical (unpaired) electrons. The molecule has 0 aliphatic carbocycles. The highest BCUT2D eigenvalue weighted by molar-refractivity contribution is 6.09. The lowest BCUT2D eigenvalue weighted by atomic mass is 10.1. The smallest absolute Gasteiger partial charge is 0.250 e. The van der Waals surface area contributed by atoms with E-state index in [0.717, 1.165) is 0 Å². The summed E-state index contributed by atoms with van der Waals surface area (Å²) in [6.45, 7) is 0.905. The molecule has 0 aromatic heterocycles. The van der Waals surface area contributed by atoms with Crippen molar-refractivity contribution >= 4 is 35.0 Å². The van der Waals surface area contributed by atoms with Crippen molar-refractivity contribution in [3.05, 3.63) is 29.8 Å². The van der Waals surface area contributed by atoms with Crippen molar-refractivity contribution in [2.45, 2.75) is 19.8 Å². The molecule has 0 heterocycles. The highest BCUT2D eigenvalue weighted by Gasteiger charge is 2.14. The summed E-state index contributed by atoms with van der Waals surface area (Å²) in [7, 11) is 0. The number of carbonyl (C=O) groups is 5. The van der Waals surface area contributed by atoms with Gasteiger partial charge >= 0.3 is 0 Å². The zero-order valence-electron chi connectivity index (χ0n) is 12.5. The first-order valence-electron chi connectivity index (χ1n) is 6.76. The summed E-state index contributed by atoms with van der Waals surface area (Å²) in [6, 6.07) is 6.12. The van der Waals surface area contributed by atoms with Gasteiger partial charge in [-0.1, -0.05) is 12.1 Å². The zero-order chi connectivity index (χ0) is 17.4. The summed E-state index contributed by atoms with van der Waals surface area (Å²) in [5.41, 5.74) is 5.51. The van der Waals surface area contributed by atoms with E-state index in [2.05, 4.69) is 10.6 Å². The average molecular weight is 319 g/mol. The Morgan fingerprint density at radius 3 is 2.26 bits per heavy atom. The molecular formula is C15H17N3O5. The van der Waals surface area contributed by atoms with E-state index in [1.807, 2.05) is 0 Å². The van der Waals surface area contributed by atoms with E-state index in [9.17, 15) is 24.0 Å². The van der Waals surface area contributed by atoms with Crippen LogP contribution in [-0.4, -0.2) is 35.8 Å². The predicted octanol–water partition coefficient (Wildman–Crippen LogP) is -0.221. The molecule has 4 N–H and O–H groups in total. The molecule has 23 heavy (non-hydrogen) atoms. The number of para-hydroxylation sites is 1. The van der Waals surface area contributed by atoms with Gasteiger partial charge in [-0.05, 0) is 19.1 Å². The van der Waals surface area contributed by atoms with Crippen molar-refractivity contribution in [2.24, 2.45) is 5.73 Å². The van der Waals surface area contributed by atoms with Crippen LogP contribution < -0.4 is 16.4 Å². The number of hydrogen-bond donors (Lipinski definition) is 3. The Kier molecular flexibility index (Phi) is 6.60. The largest absolute Gasteiger partial charge is 0.366 e. The molecule has 0 spiro atoms. The Morgan fingerprint density at radius 2 is 1.65 bits per heavy atom. The van der Waals surface area contributed by atoms with Crippen LogP contribution in [0.3, 0.4) is 0 Å². The first kappa shape index (κ1) is 18.0. The van der Waals surface area contributed by atoms with Crippen molar-refractivity contribution < 1.29 is 24.0 Å². The number of rotatable bonds is 8. The monoisotopic (exact) mass is 319 g/mol. The van der Waals surface area contributed by atoms with Gasteiger partial charge < -0.3 is 16.4 Å². The zero-order valence-corrected chi connectivity index (χ0v) is 12.5. The Hall–Kier alpha value is -3.03. The van der Waals surface area contributed by atoms with Crippen LogP contribution in [-0.2, 0) is 19.2 Å². The maximum atomic E-state index is 11.8. The van der Waals surface area contributed by atoms with Crippen molar-refractivity contribution in [1.29, 1.82) is 0 Å². The normalized spacial score (nSPS) is 9.78. The topological polar surface area (TPSA) is 135 Å². The Bertz CT molecular complexity index is 654. The molecule has 0 aliphatic heterocycles. The second-order valence-electron chi connectivity index (χ2n) is 4.83. The quantitative estimate of drug-likeness (QED) is 0.569. The van der Waals surface area contributed by atoms with Crippen molar-refractivity contribution in [3.8, 4) is 0 Å². The van der Waals surface area contributed by atoms with Crippen LogP contribution in [0.4, 0.5) is 5.69 Å². The second kappa shape index (κ2) is 8.42. The fraction of sp³-hybridized carbons (Fsp3) is 0.267. The van der Waals surface area contributed by atoms with Gasteiger partial charge in [0.05, 0.1) is 30.6 Å². The minimum Gasteiger partial charge on any atom is -0.366 e. The lowest BCUT2D eigenvalue weighted by Crippen LogP contribution is -2.32. The molecule has 0 saturated heterocycles. The van der Waals surface area contributed by atoms with E-state index >= 15 is 0 Å². The minimum absolute atomic E-state index is 0.128. The van der Waals surface area contributed by atoms with E-state index in [-0.39, 0.29) is 30.0 Å². The third kappa shape index (κ3) is 6.51. The van der Waals surface area contributed by atoms with Gasteiger partial charge in [-0.2, -0.15) is 0 Å². The van der Waals surface area contributed by atoms with E-state index in [1.165, 1.54) is 19.1 Å². The molecule has 8 heteroatoms. The molecule has 0 bridgehead atoms. The van der Waals surface area contributed by atoms with Crippen LogP contribution in [0.2, 0.25) is 0 Å². The highest BCUT2D eigenvalue weighted by atomic mass is 16.2. The lowest BCUT2D eigenvalue weighted by Gasteiger charge is -2.08. The predicted molar refractivity (Wildman–Crippen MR) is 81.5 cm³/mol. The van der Waals surface area contributed by atoms with Crippen LogP contribution in [0.5, 0.6) is 0 Å². The van der Waals surface area contributed by atoms with Gasteiger partial charge in [0.15, 0.2) is 5.78 Å². The SMILES string of the molecule is CC(=O)CC(=O)NCC(=O)CC(=O)Nc1ccccc1C(N)=O. The van der Waals surface area contributed by atoms with Crippen LogP contribution in [0.1, 0.15) is 30.1 Å². The number of primary amides is 1. The highest BCUT2D eigenvalue weighted by Crippen LogP contribution is 2.14. The number of nitrogens with one attached hydrogen (secondary N) is 2. The Labute approximate surface area is 132 Å². The van der Waals surface area contributed by atoms with Gasteiger partial charge in [-0.3, -0.25) is 24.0 Å². The second-order valence-corrected chi connectivity index (χ2v) is 4.83. The Balaban J connectivity index is 2.51. The van der Waals surface area contributed by atoms with Crippen LogP contribution in [0.25, 0.3) is 0 Å². The number of hydrogen-bond acceptors (Lipinski definition) is 5. The standard InChI is InChI=1S/C15H17N3O5/c1-9(19)6-13(21)17-8-10(20)7-14(22)18-12-5-3-2-4-11(12)15(16)23/h2-5H,6-8H2,1H3,(H2,16,23)(H,17,21)(H,18,22). The summed E-state index contributed by atoms with van der Waals surface area (Å²) in [5, 5.41) is 4.66. The number of carbonyl (C=O) groups excluding carboxylic acids is 5. The van der Waals surface area contributed by atoms with Crippen molar-refractivity contribution in [2.75, 3.05) is 11.9 Å². The van der Waals surface area contributed by atoms with Crippen LogP contribution in [0.15, 0.2) is 24.3 Å².